The Morgan fingerprint density at radius 2 is 2.18 bits per heavy atom. The van der Waals surface area contributed by atoms with E-state index in [1.807, 2.05) is 18.2 Å². The molecule has 0 spiro atoms. The largest absolute Gasteiger partial charge is 0.469 e. The maximum absolute atomic E-state index is 12.2. The molecule has 0 fully saturated rings. The Morgan fingerprint density at radius 3 is 2.82 bits per heavy atom. The third-order valence-corrected chi connectivity index (χ3v) is 4.12. The van der Waals surface area contributed by atoms with Gasteiger partial charge in [0.25, 0.3) is 0 Å². The van der Waals surface area contributed by atoms with Crippen molar-refractivity contribution in [1.82, 2.24) is 5.32 Å². The summed E-state index contributed by atoms with van der Waals surface area (Å²) in [6.07, 6.45) is 6.68. The minimum absolute atomic E-state index is 0.0620. The van der Waals surface area contributed by atoms with Gasteiger partial charge >= 0.3 is 5.97 Å². The van der Waals surface area contributed by atoms with E-state index in [1.54, 1.807) is 6.07 Å². The molecule has 1 N–H and O–H groups in total. The van der Waals surface area contributed by atoms with Crippen LogP contribution in [0, 0.1) is 5.92 Å². The zero-order valence-corrected chi connectivity index (χ0v) is 13.3. The second-order valence-electron chi connectivity index (χ2n) is 5.39. The molecule has 2 unspecified atom stereocenters. The lowest BCUT2D eigenvalue weighted by Crippen LogP contribution is -2.31. The molecule has 1 aliphatic carbocycles. The van der Waals surface area contributed by atoms with Crippen molar-refractivity contribution >= 4 is 23.5 Å². The van der Waals surface area contributed by atoms with E-state index in [4.69, 9.17) is 16.3 Å². The maximum Gasteiger partial charge on any atom is 0.307 e. The first-order chi connectivity index (χ1) is 10.6. The van der Waals surface area contributed by atoms with E-state index in [-0.39, 0.29) is 24.2 Å². The lowest BCUT2D eigenvalue weighted by molar-refractivity contribution is -0.141. The second kappa shape index (κ2) is 7.99. The van der Waals surface area contributed by atoms with Crippen LogP contribution >= 0.6 is 11.6 Å². The van der Waals surface area contributed by atoms with Crippen molar-refractivity contribution in [2.75, 3.05) is 7.11 Å². The van der Waals surface area contributed by atoms with Crippen molar-refractivity contribution in [3.05, 3.63) is 47.0 Å². The summed E-state index contributed by atoms with van der Waals surface area (Å²) >= 11 is 6.18. The fraction of sp³-hybridized carbons (Fsp3) is 0.412. The average Bonchev–Trinajstić information content (AvgIpc) is 2.99. The molecule has 0 saturated heterocycles. The van der Waals surface area contributed by atoms with Gasteiger partial charge in [-0.3, -0.25) is 9.59 Å². The standard InChI is InChI=1S/C17H20ClNO3/c1-22-17(21)11-15(13-8-4-5-9-14(13)18)19-16(20)10-12-6-2-3-7-12/h2,4-6,8-9,12,15H,3,7,10-11H2,1H3,(H,19,20). The summed E-state index contributed by atoms with van der Waals surface area (Å²) < 4.78 is 4.71. The normalized spacial score (nSPS) is 18.0. The van der Waals surface area contributed by atoms with Crippen LogP contribution in [0.25, 0.3) is 0 Å². The molecule has 1 amide bonds. The van der Waals surface area contributed by atoms with Gasteiger partial charge in [0, 0.05) is 11.4 Å². The van der Waals surface area contributed by atoms with Crippen LogP contribution in [0.4, 0.5) is 0 Å². The number of carbonyl (C=O) groups excluding carboxylic acids is 2. The molecular weight excluding hydrogens is 302 g/mol. The van der Waals surface area contributed by atoms with E-state index >= 15 is 0 Å². The van der Waals surface area contributed by atoms with E-state index in [1.165, 1.54) is 7.11 Å². The Morgan fingerprint density at radius 1 is 1.41 bits per heavy atom. The molecule has 0 radical (unpaired) electrons. The SMILES string of the molecule is COC(=O)CC(NC(=O)CC1C=CCC1)c1ccccc1Cl. The van der Waals surface area contributed by atoms with E-state index in [0.717, 1.165) is 18.4 Å². The number of hydrogen-bond donors (Lipinski definition) is 1. The molecule has 0 bridgehead atoms. The summed E-state index contributed by atoms with van der Waals surface area (Å²) in [6.45, 7) is 0. The summed E-state index contributed by atoms with van der Waals surface area (Å²) in [6, 6.07) is 6.72. The first-order valence-electron chi connectivity index (χ1n) is 7.37. The molecule has 2 rings (SSSR count). The van der Waals surface area contributed by atoms with Crippen LogP contribution in [0.2, 0.25) is 5.02 Å². The molecule has 1 aliphatic rings. The first-order valence-corrected chi connectivity index (χ1v) is 7.75. The van der Waals surface area contributed by atoms with Crippen molar-refractivity contribution in [3.63, 3.8) is 0 Å². The monoisotopic (exact) mass is 321 g/mol. The molecular formula is C17H20ClNO3. The van der Waals surface area contributed by atoms with Crippen molar-refractivity contribution in [3.8, 4) is 0 Å². The summed E-state index contributed by atoms with van der Waals surface area (Å²) in [4.78, 5) is 23.8. The van der Waals surface area contributed by atoms with Crippen LogP contribution in [0.3, 0.4) is 0 Å². The molecule has 4 nitrogen and oxygen atoms in total. The van der Waals surface area contributed by atoms with Gasteiger partial charge in [0.2, 0.25) is 5.91 Å². The zero-order chi connectivity index (χ0) is 15.9. The summed E-state index contributed by atoms with van der Waals surface area (Å²) in [7, 11) is 1.33. The average molecular weight is 322 g/mol. The van der Waals surface area contributed by atoms with Gasteiger partial charge in [-0.1, -0.05) is 42.0 Å². The predicted octanol–water partition coefficient (Wildman–Crippen LogP) is 3.42. The van der Waals surface area contributed by atoms with E-state index in [9.17, 15) is 9.59 Å². The second-order valence-corrected chi connectivity index (χ2v) is 5.80. The summed E-state index contributed by atoms with van der Waals surface area (Å²) in [5, 5.41) is 3.43. The Bertz CT molecular complexity index is 571. The number of benzene rings is 1. The number of methoxy groups -OCH3 is 1. The van der Waals surface area contributed by atoms with Crippen molar-refractivity contribution in [1.29, 1.82) is 0 Å². The molecule has 22 heavy (non-hydrogen) atoms. The van der Waals surface area contributed by atoms with Crippen LogP contribution in [-0.2, 0) is 14.3 Å². The maximum atomic E-state index is 12.2. The highest BCUT2D eigenvalue weighted by molar-refractivity contribution is 6.31. The van der Waals surface area contributed by atoms with Gasteiger partial charge in [0.15, 0.2) is 0 Å². The Hall–Kier alpha value is -1.81. The van der Waals surface area contributed by atoms with Gasteiger partial charge in [-0.2, -0.15) is 0 Å². The van der Waals surface area contributed by atoms with E-state index < -0.39 is 6.04 Å². The molecule has 118 valence electrons. The molecule has 0 saturated carbocycles. The van der Waals surface area contributed by atoms with Gasteiger partial charge < -0.3 is 10.1 Å². The fourth-order valence-electron chi connectivity index (χ4n) is 2.60. The zero-order valence-electron chi connectivity index (χ0n) is 12.5. The number of carbonyl (C=O) groups is 2. The highest BCUT2D eigenvalue weighted by atomic mass is 35.5. The lowest BCUT2D eigenvalue weighted by atomic mass is 10.0. The van der Waals surface area contributed by atoms with Crippen LogP contribution < -0.4 is 5.32 Å². The number of rotatable bonds is 6. The molecule has 1 aromatic rings. The van der Waals surface area contributed by atoms with Crippen molar-refractivity contribution in [2.45, 2.75) is 31.7 Å². The molecule has 0 aliphatic heterocycles. The molecule has 2 atom stereocenters. The number of amides is 1. The van der Waals surface area contributed by atoms with Crippen molar-refractivity contribution in [2.24, 2.45) is 5.92 Å². The third kappa shape index (κ3) is 4.60. The highest BCUT2D eigenvalue weighted by Crippen LogP contribution is 2.26. The van der Waals surface area contributed by atoms with Gasteiger partial charge in [0.05, 0.1) is 19.6 Å². The number of halogens is 1. The molecule has 1 aromatic carbocycles. The number of ether oxygens (including phenoxy) is 1. The lowest BCUT2D eigenvalue weighted by Gasteiger charge is -2.20. The predicted molar refractivity (Wildman–Crippen MR) is 85.4 cm³/mol. The number of hydrogen-bond acceptors (Lipinski definition) is 3. The molecule has 5 heteroatoms. The van der Waals surface area contributed by atoms with Crippen LogP contribution in [0.1, 0.15) is 37.3 Å². The van der Waals surface area contributed by atoms with E-state index in [2.05, 4.69) is 17.5 Å². The molecule has 0 aromatic heterocycles. The van der Waals surface area contributed by atoms with Gasteiger partial charge in [0.1, 0.15) is 0 Å². The quantitative estimate of drug-likeness (QED) is 0.645. The topological polar surface area (TPSA) is 55.4 Å². The number of allylic oxidation sites excluding steroid dienone is 2. The van der Waals surface area contributed by atoms with E-state index in [0.29, 0.717) is 11.4 Å². The molecule has 0 heterocycles. The van der Waals surface area contributed by atoms with Gasteiger partial charge in [-0.05, 0) is 30.4 Å². The highest BCUT2D eigenvalue weighted by Gasteiger charge is 2.22. The van der Waals surface area contributed by atoms with Gasteiger partial charge in [-0.15, -0.1) is 0 Å². The van der Waals surface area contributed by atoms with Gasteiger partial charge in [-0.25, -0.2) is 0 Å². The fourth-order valence-corrected chi connectivity index (χ4v) is 2.87. The minimum atomic E-state index is -0.473. The number of esters is 1. The van der Waals surface area contributed by atoms with Crippen LogP contribution in [0.15, 0.2) is 36.4 Å². The van der Waals surface area contributed by atoms with Crippen molar-refractivity contribution < 1.29 is 14.3 Å². The Kier molecular flexibility index (Phi) is 6.01. The minimum Gasteiger partial charge on any atom is -0.469 e. The smallest absolute Gasteiger partial charge is 0.307 e. The van der Waals surface area contributed by atoms with Crippen LogP contribution in [-0.4, -0.2) is 19.0 Å². The summed E-state index contributed by atoms with van der Waals surface area (Å²) in [5.74, 6) is -0.179. The first kappa shape index (κ1) is 16.6. The summed E-state index contributed by atoms with van der Waals surface area (Å²) in [5.41, 5.74) is 0.727. The Balaban J connectivity index is 2.07. The number of nitrogens with one attached hydrogen (secondary N) is 1. The third-order valence-electron chi connectivity index (χ3n) is 3.77. The van der Waals surface area contributed by atoms with Crippen LogP contribution in [0.5, 0.6) is 0 Å². The Labute approximate surface area is 135 Å².